The highest BCUT2D eigenvalue weighted by Gasteiger charge is 2.27. The van der Waals surface area contributed by atoms with Gasteiger partial charge in [0.25, 0.3) is 0 Å². The second kappa shape index (κ2) is 9.94. The fourth-order valence-corrected chi connectivity index (χ4v) is 4.88. The molecule has 1 N–H and O–H groups in total. The molecule has 1 aliphatic heterocycles. The van der Waals surface area contributed by atoms with E-state index in [1.54, 1.807) is 12.4 Å². The van der Waals surface area contributed by atoms with E-state index in [-0.39, 0.29) is 11.8 Å². The zero-order chi connectivity index (χ0) is 19.2. The molecule has 1 saturated carbocycles. The minimum atomic E-state index is 0.0700. The molecule has 1 aliphatic carbocycles. The van der Waals surface area contributed by atoms with Crippen LogP contribution in [0.3, 0.4) is 0 Å². The van der Waals surface area contributed by atoms with Gasteiger partial charge in [0.05, 0.1) is 15.7 Å². The number of halogens is 2. The molecular formula is C20H30Cl2N4O. The van der Waals surface area contributed by atoms with Gasteiger partial charge < -0.3 is 15.1 Å². The first-order valence-corrected chi connectivity index (χ1v) is 10.8. The quantitative estimate of drug-likeness (QED) is 0.767. The van der Waals surface area contributed by atoms with Crippen LogP contribution in [0.2, 0.25) is 10.0 Å². The largest absolute Gasteiger partial charge is 0.369 e. The van der Waals surface area contributed by atoms with E-state index in [2.05, 4.69) is 27.1 Å². The molecule has 0 atom stereocenters. The maximum absolute atomic E-state index is 12.5. The van der Waals surface area contributed by atoms with Crippen molar-refractivity contribution in [3.8, 4) is 0 Å². The Morgan fingerprint density at radius 1 is 1.15 bits per heavy atom. The third-order valence-electron chi connectivity index (χ3n) is 5.97. The van der Waals surface area contributed by atoms with Crippen molar-refractivity contribution in [2.45, 2.75) is 51.0 Å². The summed E-state index contributed by atoms with van der Waals surface area (Å²) in [7, 11) is 2.18. The molecule has 150 valence electrons. The molecule has 27 heavy (non-hydrogen) atoms. The molecule has 0 aromatic carbocycles. The van der Waals surface area contributed by atoms with Crippen LogP contribution in [0.25, 0.3) is 0 Å². The van der Waals surface area contributed by atoms with E-state index in [9.17, 15) is 4.79 Å². The number of carbonyl (C=O) groups excluding carboxylic acids is 1. The zero-order valence-corrected chi connectivity index (χ0v) is 17.6. The summed E-state index contributed by atoms with van der Waals surface area (Å²) in [5.74, 6) is 0.249. The molecule has 1 saturated heterocycles. The molecule has 1 amide bonds. The number of nitrogens with zero attached hydrogens (tertiary/aromatic N) is 3. The lowest BCUT2D eigenvalue weighted by Crippen LogP contribution is -2.43. The van der Waals surface area contributed by atoms with Gasteiger partial charge in [0.1, 0.15) is 0 Å². The number of hydrogen-bond acceptors (Lipinski definition) is 4. The van der Waals surface area contributed by atoms with E-state index in [4.69, 9.17) is 23.2 Å². The van der Waals surface area contributed by atoms with Gasteiger partial charge in [-0.3, -0.25) is 9.78 Å². The summed E-state index contributed by atoms with van der Waals surface area (Å²) < 4.78 is 0. The molecular weight excluding hydrogens is 383 g/mol. The van der Waals surface area contributed by atoms with Gasteiger partial charge in [-0.25, -0.2) is 0 Å². The number of hydrogen-bond donors (Lipinski definition) is 1. The van der Waals surface area contributed by atoms with E-state index < -0.39 is 0 Å². The first-order valence-electron chi connectivity index (χ1n) is 10.1. The average molecular weight is 413 g/mol. The van der Waals surface area contributed by atoms with Crippen LogP contribution in [0.4, 0.5) is 5.69 Å². The lowest BCUT2D eigenvalue weighted by molar-refractivity contribution is -0.125. The molecule has 0 unspecified atom stereocenters. The highest BCUT2D eigenvalue weighted by Crippen LogP contribution is 2.35. The van der Waals surface area contributed by atoms with Crippen molar-refractivity contribution in [3.05, 3.63) is 22.4 Å². The number of aromatic nitrogens is 1. The fraction of sp³-hybridized carbons (Fsp3) is 0.700. The van der Waals surface area contributed by atoms with Crippen LogP contribution in [0, 0.1) is 5.92 Å². The van der Waals surface area contributed by atoms with E-state index >= 15 is 0 Å². The van der Waals surface area contributed by atoms with Crippen molar-refractivity contribution in [1.29, 1.82) is 0 Å². The van der Waals surface area contributed by atoms with E-state index in [0.29, 0.717) is 16.1 Å². The average Bonchev–Trinajstić information content (AvgIpc) is 2.69. The number of piperidine rings is 1. The first kappa shape index (κ1) is 20.7. The third-order valence-corrected chi connectivity index (χ3v) is 6.53. The third kappa shape index (κ3) is 5.49. The molecule has 0 radical (unpaired) electrons. The first-order chi connectivity index (χ1) is 13.1. The summed E-state index contributed by atoms with van der Waals surface area (Å²) in [6, 6.07) is 0.689. The minimum Gasteiger partial charge on any atom is -0.369 e. The van der Waals surface area contributed by atoms with E-state index in [0.717, 1.165) is 44.7 Å². The Kier molecular flexibility index (Phi) is 7.62. The van der Waals surface area contributed by atoms with Gasteiger partial charge in [0.2, 0.25) is 5.91 Å². The summed E-state index contributed by atoms with van der Waals surface area (Å²) in [4.78, 5) is 21.1. The van der Waals surface area contributed by atoms with Crippen LogP contribution in [0.1, 0.15) is 44.9 Å². The zero-order valence-electron chi connectivity index (χ0n) is 16.1. The predicted molar refractivity (Wildman–Crippen MR) is 112 cm³/mol. The van der Waals surface area contributed by atoms with Crippen molar-refractivity contribution in [3.63, 3.8) is 0 Å². The normalized spacial score (nSPS) is 19.5. The van der Waals surface area contributed by atoms with Crippen molar-refractivity contribution in [2.24, 2.45) is 5.92 Å². The number of amides is 1. The fourth-order valence-electron chi connectivity index (χ4n) is 4.28. The lowest BCUT2D eigenvalue weighted by atomic mass is 9.94. The molecule has 3 rings (SSSR count). The highest BCUT2D eigenvalue weighted by atomic mass is 35.5. The van der Waals surface area contributed by atoms with Crippen molar-refractivity contribution >= 4 is 34.8 Å². The smallest absolute Gasteiger partial charge is 0.223 e. The molecule has 5 nitrogen and oxygen atoms in total. The number of rotatable bonds is 6. The van der Waals surface area contributed by atoms with Crippen molar-refractivity contribution in [2.75, 3.05) is 38.1 Å². The standard InChI is InChI=1S/C20H30Cl2N4O/c1-25(16-5-3-2-4-6-16)12-9-24-20(27)15-7-10-26(11-8-15)19-17(21)13-23-14-18(19)22/h13-16H,2-12H2,1H3,(H,24,27). The number of pyridine rings is 1. The van der Waals surface area contributed by atoms with Gasteiger partial charge in [-0.05, 0) is 32.7 Å². The van der Waals surface area contributed by atoms with Crippen LogP contribution < -0.4 is 10.2 Å². The SMILES string of the molecule is CN(CCNC(=O)C1CCN(c2c(Cl)cncc2Cl)CC1)C1CCCCC1. The Morgan fingerprint density at radius 3 is 2.41 bits per heavy atom. The number of nitrogens with one attached hydrogen (secondary N) is 1. The summed E-state index contributed by atoms with van der Waals surface area (Å²) in [5, 5.41) is 4.27. The highest BCUT2D eigenvalue weighted by molar-refractivity contribution is 6.38. The van der Waals surface area contributed by atoms with Gasteiger partial charge in [-0.1, -0.05) is 42.5 Å². The summed E-state index contributed by atoms with van der Waals surface area (Å²) in [5.41, 5.74) is 0.835. The minimum absolute atomic E-state index is 0.0700. The summed E-state index contributed by atoms with van der Waals surface area (Å²) >= 11 is 12.5. The summed E-state index contributed by atoms with van der Waals surface area (Å²) in [6.07, 6.45) is 11.5. The molecule has 2 fully saturated rings. The lowest BCUT2D eigenvalue weighted by Gasteiger charge is -2.34. The van der Waals surface area contributed by atoms with Crippen LogP contribution in [0.5, 0.6) is 0 Å². The molecule has 2 aliphatic rings. The van der Waals surface area contributed by atoms with Crippen LogP contribution >= 0.6 is 23.2 Å². The van der Waals surface area contributed by atoms with Gasteiger partial charge in [-0.2, -0.15) is 0 Å². The number of likely N-dealkylation sites (N-methyl/N-ethyl adjacent to an activating group) is 1. The molecule has 2 heterocycles. The van der Waals surface area contributed by atoms with E-state index in [1.165, 1.54) is 32.1 Å². The van der Waals surface area contributed by atoms with Crippen LogP contribution in [-0.2, 0) is 4.79 Å². The maximum Gasteiger partial charge on any atom is 0.223 e. The molecule has 0 spiro atoms. The Hall–Kier alpha value is -1.04. The van der Waals surface area contributed by atoms with Gasteiger partial charge in [0, 0.05) is 50.5 Å². The van der Waals surface area contributed by atoms with Gasteiger partial charge in [0.15, 0.2) is 0 Å². The maximum atomic E-state index is 12.5. The predicted octanol–water partition coefficient (Wildman–Crippen LogP) is 3.99. The van der Waals surface area contributed by atoms with Crippen molar-refractivity contribution in [1.82, 2.24) is 15.2 Å². The van der Waals surface area contributed by atoms with E-state index in [1.807, 2.05) is 0 Å². The summed E-state index contributed by atoms with van der Waals surface area (Å²) in [6.45, 7) is 3.22. The van der Waals surface area contributed by atoms with Gasteiger partial charge >= 0.3 is 0 Å². The second-order valence-electron chi connectivity index (χ2n) is 7.78. The van der Waals surface area contributed by atoms with Crippen LogP contribution in [0.15, 0.2) is 12.4 Å². The Labute approximate surface area is 172 Å². The molecule has 0 bridgehead atoms. The number of anilines is 1. The molecule has 1 aromatic rings. The molecule has 7 heteroatoms. The Balaban J connectivity index is 1.41. The van der Waals surface area contributed by atoms with Gasteiger partial charge in [-0.15, -0.1) is 0 Å². The monoisotopic (exact) mass is 412 g/mol. The van der Waals surface area contributed by atoms with Crippen LogP contribution in [-0.4, -0.2) is 55.1 Å². The number of carbonyl (C=O) groups is 1. The topological polar surface area (TPSA) is 48.5 Å². The second-order valence-corrected chi connectivity index (χ2v) is 8.59. The molecule has 1 aromatic heterocycles. The van der Waals surface area contributed by atoms with Crippen molar-refractivity contribution < 1.29 is 4.79 Å². The Morgan fingerprint density at radius 2 is 1.78 bits per heavy atom. The Bertz CT molecular complexity index is 608.